The lowest BCUT2D eigenvalue weighted by Crippen LogP contribution is -2.42. The molecular formula is C15H20N2O3. The Bertz CT molecular complexity index is 484. The maximum atomic E-state index is 12.4. The van der Waals surface area contributed by atoms with Crippen molar-refractivity contribution in [1.82, 2.24) is 4.90 Å². The number of hydrogen-bond donors (Lipinski definition) is 2. The van der Waals surface area contributed by atoms with Crippen molar-refractivity contribution >= 4 is 11.9 Å². The van der Waals surface area contributed by atoms with Crippen molar-refractivity contribution in [2.45, 2.75) is 31.7 Å². The summed E-state index contributed by atoms with van der Waals surface area (Å²) in [5.74, 6) is -1.06. The fourth-order valence-corrected chi connectivity index (χ4v) is 2.47. The highest BCUT2D eigenvalue weighted by molar-refractivity contribution is 5.95. The van der Waals surface area contributed by atoms with Crippen LogP contribution < -0.4 is 5.73 Å². The van der Waals surface area contributed by atoms with E-state index in [2.05, 4.69) is 0 Å². The van der Waals surface area contributed by atoms with Crippen molar-refractivity contribution in [3.05, 3.63) is 35.4 Å². The Morgan fingerprint density at radius 1 is 1.10 bits per heavy atom. The molecule has 1 aromatic rings. The molecule has 108 valence electrons. The maximum Gasteiger partial charge on any atom is 0.335 e. The summed E-state index contributed by atoms with van der Waals surface area (Å²) in [7, 11) is 0. The summed E-state index contributed by atoms with van der Waals surface area (Å²) in [4.78, 5) is 25.0. The van der Waals surface area contributed by atoms with Crippen LogP contribution in [0.1, 0.15) is 46.4 Å². The number of rotatable bonds is 2. The fraction of sp³-hybridized carbons (Fsp3) is 0.467. The normalized spacial score (nSPS) is 20.1. The molecule has 20 heavy (non-hydrogen) atoms. The predicted molar refractivity (Wildman–Crippen MR) is 75.7 cm³/mol. The van der Waals surface area contributed by atoms with E-state index in [9.17, 15) is 9.59 Å². The van der Waals surface area contributed by atoms with Gasteiger partial charge in [-0.15, -0.1) is 0 Å². The van der Waals surface area contributed by atoms with Gasteiger partial charge < -0.3 is 15.7 Å². The van der Waals surface area contributed by atoms with Gasteiger partial charge in [-0.3, -0.25) is 4.79 Å². The molecule has 0 radical (unpaired) electrons. The second kappa shape index (κ2) is 6.52. The van der Waals surface area contributed by atoms with Gasteiger partial charge in [0.05, 0.1) is 5.56 Å². The molecule has 1 saturated heterocycles. The number of likely N-dealkylation sites (tertiary alicyclic amines) is 1. The zero-order chi connectivity index (χ0) is 14.5. The van der Waals surface area contributed by atoms with E-state index in [0.717, 1.165) is 25.7 Å². The molecule has 1 atom stereocenters. The SMILES string of the molecule is NC1CCCCCN(C(=O)c2ccc(C(=O)O)cc2)C1. The van der Waals surface area contributed by atoms with Crippen LogP contribution >= 0.6 is 0 Å². The quantitative estimate of drug-likeness (QED) is 0.861. The number of aromatic carboxylic acids is 1. The molecule has 5 heteroatoms. The lowest BCUT2D eigenvalue weighted by molar-refractivity contribution is 0.0692. The molecule has 1 aliphatic heterocycles. The van der Waals surface area contributed by atoms with Gasteiger partial charge in [0.25, 0.3) is 5.91 Å². The summed E-state index contributed by atoms with van der Waals surface area (Å²) < 4.78 is 0. The van der Waals surface area contributed by atoms with Crippen LogP contribution in [0, 0.1) is 0 Å². The van der Waals surface area contributed by atoms with Gasteiger partial charge in [-0.2, -0.15) is 0 Å². The molecule has 0 saturated carbocycles. The lowest BCUT2D eigenvalue weighted by atomic mass is 10.0. The molecule has 0 spiro atoms. The van der Waals surface area contributed by atoms with Crippen molar-refractivity contribution in [2.75, 3.05) is 13.1 Å². The largest absolute Gasteiger partial charge is 0.478 e. The Morgan fingerprint density at radius 3 is 2.40 bits per heavy atom. The van der Waals surface area contributed by atoms with Crippen LogP contribution in [-0.2, 0) is 0 Å². The van der Waals surface area contributed by atoms with E-state index in [1.54, 1.807) is 17.0 Å². The van der Waals surface area contributed by atoms with E-state index in [-0.39, 0.29) is 17.5 Å². The maximum absolute atomic E-state index is 12.4. The van der Waals surface area contributed by atoms with Crippen molar-refractivity contribution in [2.24, 2.45) is 5.73 Å². The third-order valence-electron chi connectivity index (χ3n) is 3.62. The molecule has 1 heterocycles. The Hall–Kier alpha value is -1.88. The average Bonchev–Trinajstić information content (AvgIpc) is 2.42. The highest BCUT2D eigenvalue weighted by Crippen LogP contribution is 2.14. The van der Waals surface area contributed by atoms with Crippen molar-refractivity contribution in [3.8, 4) is 0 Å². The minimum absolute atomic E-state index is 0.0255. The minimum Gasteiger partial charge on any atom is -0.478 e. The number of nitrogens with zero attached hydrogens (tertiary/aromatic N) is 1. The molecule has 2 rings (SSSR count). The molecule has 1 aliphatic rings. The monoisotopic (exact) mass is 276 g/mol. The van der Waals surface area contributed by atoms with Crippen LogP contribution in [0.2, 0.25) is 0 Å². The third-order valence-corrected chi connectivity index (χ3v) is 3.62. The fourth-order valence-electron chi connectivity index (χ4n) is 2.47. The van der Waals surface area contributed by atoms with Gasteiger partial charge in [-0.1, -0.05) is 12.8 Å². The first-order valence-electron chi connectivity index (χ1n) is 6.96. The Balaban J connectivity index is 2.10. The van der Waals surface area contributed by atoms with E-state index >= 15 is 0 Å². The molecule has 1 unspecified atom stereocenters. The third kappa shape index (κ3) is 3.57. The summed E-state index contributed by atoms with van der Waals surface area (Å²) in [6, 6.07) is 6.07. The first-order valence-corrected chi connectivity index (χ1v) is 6.96. The number of carboxylic acids is 1. The van der Waals surface area contributed by atoms with Gasteiger partial charge in [0.15, 0.2) is 0 Å². The van der Waals surface area contributed by atoms with Crippen LogP contribution in [0.4, 0.5) is 0 Å². The van der Waals surface area contributed by atoms with Gasteiger partial charge in [0, 0.05) is 24.7 Å². The zero-order valence-electron chi connectivity index (χ0n) is 11.4. The predicted octanol–water partition coefficient (Wildman–Crippen LogP) is 1.73. The molecule has 0 bridgehead atoms. The minimum atomic E-state index is -0.989. The zero-order valence-corrected chi connectivity index (χ0v) is 11.4. The Kier molecular flexibility index (Phi) is 4.74. The van der Waals surface area contributed by atoms with Gasteiger partial charge in [-0.05, 0) is 37.1 Å². The number of amides is 1. The second-order valence-electron chi connectivity index (χ2n) is 5.24. The molecule has 1 aromatic carbocycles. The first-order chi connectivity index (χ1) is 9.58. The molecule has 1 fully saturated rings. The number of carboxylic acid groups (broad SMARTS) is 1. The first kappa shape index (κ1) is 14.5. The van der Waals surface area contributed by atoms with Crippen molar-refractivity contribution < 1.29 is 14.7 Å². The van der Waals surface area contributed by atoms with Crippen LogP contribution in [0.15, 0.2) is 24.3 Å². The second-order valence-corrected chi connectivity index (χ2v) is 5.24. The number of carbonyl (C=O) groups excluding carboxylic acids is 1. The molecule has 0 aromatic heterocycles. The molecule has 0 aliphatic carbocycles. The van der Waals surface area contributed by atoms with Crippen LogP contribution in [0.3, 0.4) is 0 Å². The molecule has 3 N–H and O–H groups in total. The average molecular weight is 276 g/mol. The van der Waals surface area contributed by atoms with Crippen molar-refractivity contribution in [1.29, 1.82) is 0 Å². The number of carbonyl (C=O) groups is 2. The van der Waals surface area contributed by atoms with E-state index in [4.69, 9.17) is 10.8 Å². The van der Waals surface area contributed by atoms with Crippen LogP contribution in [-0.4, -0.2) is 41.0 Å². The molecular weight excluding hydrogens is 256 g/mol. The van der Waals surface area contributed by atoms with E-state index in [1.807, 2.05) is 0 Å². The highest BCUT2D eigenvalue weighted by Gasteiger charge is 2.20. The highest BCUT2D eigenvalue weighted by atomic mass is 16.4. The Morgan fingerprint density at radius 2 is 1.75 bits per heavy atom. The Labute approximate surface area is 118 Å². The van der Waals surface area contributed by atoms with E-state index in [0.29, 0.717) is 18.7 Å². The smallest absolute Gasteiger partial charge is 0.335 e. The van der Waals surface area contributed by atoms with Gasteiger partial charge in [0.1, 0.15) is 0 Å². The number of hydrogen-bond acceptors (Lipinski definition) is 3. The number of benzene rings is 1. The van der Waals surface area contributed by atoms with Gasteiger partial charge in [0.2, 0.25) is 0 Å². The van der Waals surface area contributed by atoms with Gasteiger partial charge >= 0.3 is 5.97 Å². The topological polar surface area (TPSA) is 83.6 Å². The molecule has 1 amide bonds. The summed E-state index contributed by atoms with van der Waals surface area (Å²) in [6.07, 6.45) is 4.15. The standard InChI is InChI=1S/C15H20N2O3/c16-13-4-2-1-3-9-17(10-13)14(18)11-5-7-12(8-6-11)15(19)20/h5-8,13H,1-4,9-10,16H2,(H,19,20). The lowest BCUT2D eigenvalue weighted by Gasteiger charge is -2.28. The van der Waals surface area contributed by atoms with Crippen LogP contribution in [0.25, 0.3) is 0 Å². The molecule has 5 nitrogen and oxygen atoms in total. The summed E-state index contributed by atoms with van der Waals surface area (Å²) in [5.41, 5.74) is 6.71. The van der Waals surface area contributed by atoms with E-state index in [1.165, 1.54) is 12.1 Å². The number of nitrogens with two attached hydrogens (primary N) is 1. The van der Waals surface area contributed by atoms with Crippen molar-refractivity contribution in [3.63, 3.8) is 0 Å². The summed E-state index contributed by atoms with van der Waals surface area (Å²) in [6.45, 7) is 1.28. The van der Waals surface area contributed by atoms with E-state index < -0.39 is 5.97 Å². The van der Waals surface area contributed by atoms with Gasteiger partial charge in [-0.25, -0.2) is 4.79 Å². The van der Waals surface area contributed by atoms with Crippen LogP contribution in [0.5, 0.6) is 0 Å². The summed E-state index contributed by atoms with van der Waals surface area (Å²) >= 11 is 0. The summed E-state index contributed by atoms with van der Waals surface area (Å²) in [5, 5.41) is 8.85.